The molecule has 0 saturated carbocycles. The van der Waals surface area contributed by atoms with Gasteiger partial charge in [0, 0.05) is 47.5 Å². The summed E-state index contributed by atoms with van der Waals surface area (Å²) in [6.45, 7) is 9.34. The smallest absolute Gasteiger partial charge is 0.0363 e. The van der Waals surface area contributed by atoms with E-state index in [4.69, 9.17) is 5.73 Å². The fraction of sp³-hybridized carbons (Fsp3) is 1.00. The third-order valence-electron chi connectivity index (χ3n) is 3.64. The molecular formula is C12H26N2OS. The Morgan fingerprint density at radius 1 is 1.38 bits per heavy atom. The van der Waals surface area contributed by atoms with Crippen LogP contribution in [0.25, 0.3) is 0 Å². The van der Waals surface area contributed by atoms with E-state index in [1.807, 2.05) is 0 Å². The summed E-state index contributed by atoms with van der Waals surface area (Å²) in [5.41, 5.74) is 6.05. The van der Waals surface area contributed by atoms with Gasteiger partial charge in [-0.1, -0.05) is 13.8 Å². The lowest BCUT2D eigenvalue weighted by atomic mass is 9.90. The van der Waals surface area contributed by atoms with Crippen molar-refractivity contribution in [2.75, 3.05) is 31.1 Å². The fourth-order valence-corrected chi connectivity index (χ4v) is 3.22. The Hall–Kier alpha value is 0.0700. The van der Waals surface area contributed by atoms with E-state index >= 15 is 0 Å². The van der Waals surface area contributed by atoms with E-state index < -0.39 is 10.8 Å². The van der Waals surface area contributed by atoms with Crippen molar-refractivity contribution < 1.29 is 4.21 Å². The predicted octanol–water partition coefficient (Wildman–Crippen LogP) is 1.20. The van der Waals surface area contributed by atoms with Gasteiger partial charge in [-0.15, -0.1) is 0 Å². The van der Waals surface area contributed by atoms with Gasteiger partial charge in [0.15, 0.2) is 0 Å². The molecule has 0 radical (unpaired) electrons. The number of hydrogen-bond acceptors (Lipinski definition) is 3. The minimum atomic E-state index is -0.593. The Balaban J connectivity index is 2.53. The summed E-state index contributed by atoms with van der Waals surface area (Å²) in [5.74, 6) is 2.36. The summed E-state index contributed by atoms with van der Waals surface area (Å²) >= 11 is 0. The third-order valence-corrected chi connectivity index (χ3v) is 4.92. The molecule has 1 fully saturated rings. The highest BCUT2D eigenvalue weighted by atomic mass is 32.2. The summed E-state index contributed by atoms with van der Waals surface area (Å²) in [6, 6.07) is 0. The van der Waals surface area contributed by atoms with Crippen molar-refractivity contribution in [2.45, 2.75) is 39.2 Å². The molecule has 16 heavy (non-hydrogen) atoms. The maximum Gasteiger partial charge on any atom is 0.0363 e. The number of rotatable bonds is 5. The van der Waals surface area contributed by atoms with Crippen LogP contribution in [0.3, 0.4) is 0 Å². The molecule has 1 rings (SSSR count). The van der Waals surface area contributed by atoms with Crippen LogP contribution in [0, 0.1) is 5.92 Å². The minimum Gasteiger partial charge on any atom is -0.329 e. The largest absolute Gasteiger partial charge is 0.329 e. The monoisotopic (exact) mass is 246 g/mol. The first-order valence-electron chi connectivity index (χ1n) is 6.28. The van der Waals surface area contributed by atoms with Crippen LogP contribution in [-0.2, 0) is 10.8 Å². The van der Waals surface area contributed by atoms with Gasteiger partial charge in [0.2, 0.25) is 0 Å². The second-order valence-electron chi connectivity index (χ2n) is 5.47. The van der Waals surface area contributed by atoms with E-state index in [9.17, 15) is 4.21 Å². The number of hydrogen-bond donors (Lipinski definition) is 1. The maximum atomic E-state index is 11.3. The van der Waals surface area contributed by atoms with Crippen molar-refractivity contribution in [3.8, 4) is 0 Å². The van der Waals surface area contributed by atoms with Crippen molar-refractivity contribution >= 4 is 10.8 Å². The SMILES string of the molecule is CC(C)CCC(C)(CN)N1CCS(=O)CC1. The van der Waals surface area contributed by atoms with Gasteiger partial charge in [0.25, 0.3) is 0 Å². The van der Waals surface area contributed by atoms with Crippen molar-refractivity contribution in [1.29, 1.82) is 0 Å². The number of nitrogens with two attached hydrogens (primary N) is 1. The first-order valence-corrected chi connectivity index (χ1v) is 7.77. The fourth-order valence-electron chi connectivity index (χ4n) is 2.17. The lowest BCUT2D eigenvalue weighted by molar-refractivity contribution is 0.107. The molecule has 0 bridgehead atoms. The molecular weight excluding hydrogens is 220 g/mol. The molecule has 0 spiro atoms. The lowest BCUT2D eigenvalue weighted by Crippen LogP contribution is -2.56. The molecule has 1 heterocycles. The first kappa shape index (κ1) is 14.1. The molecule has 4 heteroatoms. The van der Waals surface area contributed by atoms with E-state index in [1.54, 1.807) is 0 Å². The molecule has 1 atom stereocenters. The topological polar surface area (TPSA) is 46.3 Å². The van der Waals surface area contributed by atoms with Gasteiger partial charge in [0.05, 0.1) is 0 Å². The molecule has 3 nitrogen and oxygen atoms in total. The average Bonchev–Trinajstić information content (AvgIpc) is 2.27. The molecule has 1 aliphatic rings. The molecule has 0 aromatic heterocycles. The molecule has 0 aromatic carbocycles. The summed E-state index contributed by atoms with van der Waals surface area (Å²) < 4.78 is 11.3. The molecule has 96 valence electrons. The highest BCUT2D eigenvalue weighted by molar-refractivity contribution is 7.85. The Bertz CT molecular complexity index is 235. The Kier molecular flexibility index (Phi) is 5.41. The van der Waals surface area contributed by atoms with Gasteiger partial charge in [0.1, 0.15) is 0 Å². The molecule has 1 saturated heterocycles. The van der Waals surface area contributed by atoms with E-state index in [0.29, 0.717) is 6.54 Å². The van der Waals surface area contributed by atoms with Gasteiger partial charge < -0.3 is 5.73 Å². The van der Waals surface area contributed by atoms with E-state index in [0.717, 1.165) is 36.9 Å². The van der Waals surface area contributed by atoms with Crippen LogP contribution in [0.4, 0.5) is 0 Å². The van der Waals surface area contributed by atoms with Crippen molar-refractivity contribution in [3.63, 3.8) is 0 Å². The van der Waals surface area contributed by atoms with Crippen molar-refractivity contribution in [2.24, 2.45) is 11.7 Å². The summed E-state index contributed by atoms with van der Waals surface area (Å²) in [5, 5.41) is 0. The van der Waals surface area contributed by atoms with Gasteiger partial charge in [-0.3, -0.25) is 9.11 Å². The maximum absolute atomic E-state index is 11.3. The van der Waals surface area contributed by atoms with Crippen LogP contribution < -0.4 is 5.73 Å². The predicted molar refractivity (Wildman–Crippen MR) is 71.0 cm³/mol. The van der Waals surface area contributed by atoms with Crippen LogP contribution >= 0.6 is 0 Å². The Morgan fingerprint density at radius 2 is 1.94 bits per heavy atom. The summed E-state index contributed by atoms with van der Waals surface area (Å²) in [6.07, 6.45) is 2.36. The van der Waals surface area contributed by atoms with Crippen LogP contribution in [0.2, 0.25) is 0 Å². The van der Waals surface area contributed by atoms with Crippen molar-refractivity contribution in [1.82, 2.24) is 4.90 Å². The second kappa shape index (κ2) is 6.12. The van der Waals surface area contributed by atoms with Crippen LogP contribution in [0.5, 0.6) is 0 Å². The third kappa shape index (κ3) is 3.82. The van der Waals surface area contributed by atoms with E-state index in [1.165, 1.54) is 6.42 Å². The van der Waals surface area contributed by atoms with Crippen LogP contribution in [0.1, 0.15) is 33.6 Å². The summed E-state index contributed by atoms with van der Waals surface area (Å²) in [4.78, 5) is 2.44. The number of nitrogens with zero attached hydrogens (tertiary/aromatic N) is 1. The zero-order valence-electron chi connectivity index (χ0n) is 10.9. The Labute approximate surface area is 102 Å². The quantitative estimate of drug-likeness (QED) is 0.793. The highest BCUT2D eigenvalue weighted by Crippen LogP contribution is 2.24. The zero-order chi connectivity index (χ0) is 12.2. The molecule has 0 aliphatic carbocycles. The Morgan fingerprint density at radius 3 is 2.38 bits per heavy atom. The first-order chi connectivity index (χ1) is 7.48. The van der Waals surface area contributed by atoms with Crippen LogP contribution in [0.15, 0.2) is 0 Å². The molecule has 0 aromatic rings. The normalized spacial score (nSPS) is 23.6. The average molecular weight is 246 g/mol. The van der Waals surface area contributed by atoms with E-state index in [-0.39, 0.29) is 5.54 Å². The zero-order valence-corrected chi connectivity index (χ0v) is 11.7. The second-order valence-corrected chi connectivity index (χ2v) is 7.16. The van der Waals surface area contributed by atoms with Gasteiger partial charge in [-0.25, -0.2) is 0 Å². The van der Waals surface area contributed by atoms with Crippen LogP contribution in [-0.4, -0.2) is 45.8 Å². The lowest BCUT2D eigenvalue weighted by Gasteiger charge is -2.43. The molecule has 1 aliphatic heterocycles. The van der Waals surface area contributed by atoms with Gasteiger partial charge >= 0.3 is 0 Å². The van der Waals surface area contributed by atoms with Gasteiger partial charge in [-0.05, 0) is 25.7 Å². The highest BCUT2D eigenvalue weighted by Gasteiger charge is 2.32. The minimum absolute atomic E-state index is 0.106. The van der Waals surface area contributed by atoms with Crippen molar-refractivity contribution in [3.05, 3.63) is 0 Å². The standard InChI is InChI=1S/C12H26N2OS/c1-11(2)4-5-12(3,10-13)14-6-8-16(15)9-7-14/h11H,4-10,13H2,1-3H3. The molecule has 1 unspecified atom stereocenters. The van der Waals surface area contributed by atoms with Gasteiger partial charge in [-0.2, -0.15) is 0 Å². The summed E-state index contributed by atoms with van der Waals surface area (Å²) in [7, 11) is -0.593. The van der Waals surface area contributed by atoms with E-state index in [2.05, 4.69) is 25.7 Å². The molecule has 0 amide bonds. The molecule has 2 N–H and O–H groups in total.